The standard InChI is InChI=1S/C27H48N4O3/c1-28-20-23(18-22-10-5-4-6-11-22)19-25(32)31-15-9-12-24(21-31)27(33,13-7-8-17-34-3)26-29-14-16-30(26)2/h14,16,22-24,28,33H,4-13,15,17-21H2,1-3H3/t23-,24-,27+/m1/s1. The Balaban J connectivity index is 1.65. The number of carbonyl (C=O) groups excluding carboxylic acids is 1. The highest BCUT2D eigenvalue weighted by molar-refractivity contribution is 5.76. The topological polar surface area (TPSA) is 79.6 Å². The van der Waals surface area contributed by atoms with Gasteiger partial charge in [0.2, 0.25) is 5.91 Å². The average molecular weight is 477 g/mol. The number of aromatic nitrogens is 2. The minimum absolute atomic E-state index is 0.00469. The van der Waals surface area contributed by atoms with Crippen LogP contribution in [0.1, 0.15) is 82.9 Å². The van der Waals surface area contributed by atoms with Crippen molar-refractivity contribution in [3.05, 3.63) is 18.2 Å². The molecule has 0 spiro atoms. The monoisotopic (exact) mass is 476 g/mol. The lowest BCUT2D eigenvalue weighted by Crippen LogP contribution is -2.49. The van der Waals surface area contributed by atoms with E-state index >= 15 is 0 Å². The van der Waals surface area contributed by atoms with E-state index in [0.29, 0.717) is 31.9 Å². The van der Waals surface area contributed by atoms with Gasteiger partial charge in [-0.2, -0.15) is 0 Å². The zero-order valence-corrected chi connectivity index (χ0v) is 21.8. The second-order valence-corrected chi connectivity index (χ2v) is 10.8. The van der Waals surface area contributed by atoms with Crippen molar-refractivity contribution in [2.24, 2.45) is 24.8 Å². The Morgan fingerprint density at radius 1 is 1.26 bits per heavy atom. The maximum absolute atomic E-state index is 13.4. The molecule has 1 aliphatic carbocycles. The second-order valence-electron chi connectivity index (χ2n) is 10.8. The summed E-state index contributed by atoms with van der Waals surface area (Å²) < 4.78 is 7.15. The Morgan fingerprint density at radius 2 is 2.06 bits per heavy atom. The van der Waals surface area contributed by atoms with Gasteiger partial charge in [0, 0.05) is 58.6 Å². The highest BCUT2D eigenvalue weighted by atomic mass is 16.5. The molecule has 1 amide bonds. The van der Waals surface area contributed by atoms with Crippen molar-refractivity contribution in [3.63, 3.8) is 0 Å². The third kappa shape index (κ3) is 7.28. The van der Waals surface area contributed by atoms with Crippen LogP contribution in [0.2, 0.25) is 0 Å². The first-order chi connectivity index (χ1) is 16.5. The molecule has 1 saturated carbocycles. The lowest BCUT2D eigenvalue weighted by Gasteiger charge is -2.42. The van der Waals surface area contributed by atoms with E-state index in [2.05, 4.69) is 10.3 Å². The SMILES string of the molecule is CNC[C@@H](CC(=O)N1CCC[C@@H]([C@@](O)(CCCCOC)c2nccn2C)C1)CC1CCCCC1. The largest absolute Gasteiger partial charge is 0.385 e. The van der Waals surface area contributed by atoms with Gasteiger partial charge in [-0.25, -0.2) is 4.98 Å². The molecule has 0 bridgehead atoms. The minimum Gasteiger partial charge on any atom is -0.385 e. The zero-order chi connectivity index (χ0) is 24.4. The molecule has 0 aromatic carbocycles. The lowest BCUT2D eigenvalue weighted by atomic mass is 9.77. The van der Waals surface area contributed by atoms with Gasteiger partial charge in [0.1, 0.15) is 11.4 Å². The average Bonchev–Trinajstić information content (AvgIpc) is 3.29. The molecule has 0 unspecified atom stereocenters. The van der Waals surface area contributed by atoms with E-state index in [4.69, 9.17) is 4.74 Å². The molecule has 1 aliphatic heterocycles. The van der Waals surface area contributed by atoms with Gasteiger partial charge < -0.3 is 24.6 Å². The summed E-state index contributed by atoms with van der Waals surface area (Å²) >= 11 is 0. The van der Waals surface area contributed by atoms with Crippen LogP contribution in [0, 0.1) is 17.8 Å². The van der Waals surface area contributed by atoms with E-state index in [1.807, 2.05) is 29.8 Å². The molecule has 34 heavy (non-hydrogen) atoms. The maximum Gasteiger partial charge on any atom is 0.222 e. The van der Waals surface area contributed by atoms with Crippen LogP contribution >= 0.6 is 0 Å². The number of rotatable bonds is 13. The third-order valence-corrected chi connectivity index (χ3v) is 8.16. The van der Waals surface area contributed by atoms with Crippen LogP contribution in [0.15, 0.2) is 12.4 Å². The van der Waals surface area contributed by atoms with Crippen LogP contribution in [0.25, 0.3) is 0 Å². The van der Waals surface area contributed by atoms with Crippen molar-refractivity contribution in [2.75, 3.05) is 40.4 Å². The zero-order valence-electron chi connectivity index (χ0n) is 21.8. The van der Waals surface area contributed by atoms with Gasteiger partial charge in [0.25, 0.3) is 0 Å². The molecule has 3 atom stereocenters. The van der Waals surface area contributed by atoms with Gasteiger partial charge in [-0.15, -0.1) is 0 Å². The molecule has 1 aromatic heterocycles. The summed E-state index contributed by atoms with van der Waals surface area (Å²) in [5.41, 5.74) is -1.03. The predicted octanol–water partition coefficient (Wildman–Crippen LogP) is 3.86. The van der Waals surface area contributed by atoms with Crippen molar-refractivity contribution in [2.45, 2.75) is 82.7 Å². The first kappa shape index (κ1) is 27.2. The first-order valence-corrected chi connectivity index (χ1v) is 13.6. The normalized spacial score (nSPS) is 22.5. The van der Waals surface area contributed by atoms with E-state index < -0.39 is 5.60 Å². The summed E-state index contributed by atoms with van der Waals surface area (Å²) in [6.07, 6.45) is 16.4. The van der Waals surface area contributed by atoms with Crippen LogP contribution in [0.5, 0.6) is 0 Å². The van der Waals surface area contributed by atoms with Crippen molar-refractivity contribution in [1.29, 1.82) is 0 Å². The Hall–Kier alpha value is -1.44. The molecular formula is C27H48N4O3. The van der Waals surface area contributed by atoms with Crippen molar-refractivity contribution < 1.29 is 14.6 Å². The fourth-order valence-corrected chi connectivity index (χ4v) is 6.31. The van der Waals surface area contributed by atoms with Crippen molar-refractivity contribution in [3.8, 4) is 0 Å². The predicted molar refractivity (Wildman–Crippen MR) is 135 cm³/mol. The van der Waals surface area contributed by atoms with E-state index in [-0.39, 0.29) is 11.8 Å². The summed E-state index contributed by atoms with van der Waals surface area (Å²) in [4.78, 5) is 20.0. The molecular weight excluding hydrogens is 428 g/mol. The number of aliphatic hydroxyl groups is 1. The molecule has 2 fully saturated rings. The number of unbranched alkanes of at least 4 members (excludes halogenated alkanes) is 1. The number of piperidine rings is 1. The van der Waals surface area contributed by atoms with Crippen LogP contribution in [0.3, 0.4) is 0 Å². The Morgan fingerprint density at radius 3 is 2.74 bits per heavy atom. The number of aryl methyl sites for hydroxylation is 1. The number of imidazole rings is 1. The fraction of sp³-hybridized carbons (Fsp3) is 0.852. The van der Waals surface area contributed by atoms with Crippen LogP contribution < -0.4 is 5.32 Å². The van der Waals surface area contributed by atoms with Crippen molar-refractivity contribution >= 4 is 5.91 Å². The molecule has 3 rings (SSSR count). The van der Waals surface area contributed by atoms with E-state index in [0.717, 1.165) is 56.9 Å². The van der Waals surface area contributed by atoms with Gasteiger partial charge in [0.05, 0.1) is 0 Å². The molecule has 7 heteroatoms. The van der Waals surface area contributed by atoms with Gasteiger partial charge in [-0.3, -0.25) is 4.79 Å². The number of carbonyl (C=O) groups is 1. The molecule has 2 heterocycles. The van der Waals surface area contributed by atoms with E-state index in [9.17, 15) is 9.90 Å². The molecule has 194 valence electrons. The summed E-state index contributed by atoms with van der Waals surface area (Å²) in [5.74, 6) is 2.13. The number of hydrogen-bond donors (Lipinski definition) is 2. The maximum atomic E-state index is 13.4. The number of methoxy groups -OCH3 is 1. The van der Waals surface area contributed by atoms with Crippen LogP contribution in [-0.2, 0) is 22.2 Å². The number of amides is 1. The molecule has 0 radical (unpaired) electrons. The Labute approximate surface area is 206 Å². The van der Waals surface area contributed by atoms with E-state index in [1.54, 1.807) is 13.3 Å². The fourth-order valence-electron chi connectivity index (χ4n) is 6.31. The van der Waals surface area contributed by atoms with Crippen LogP contribution in [-0.4, -0.2) is 65.9 Å². The number of nitrogens with one attached hydrogen (secondary N) is 1. The van der Waals surface area contributed by atoms with Gasteiger partial charge in [-0.05, 0) is 64.0 Å². The summed E-state index contributed by atoms with van der Waals surface area (Å²) in [7, 11) is 5.65. The first-order valence-electron chi connectivity index (χ1n) is 13.6. The van der Waals surface area contributed by atoms with Gasteiger partial charge >= 0.3 is 0 Å². The van der Waals surface area contributed by atoms with Crippen molar-refractivity contribution in [1.82, 2.24) is 19.8 Å². The van der Waals surface area contributed by atoms with Gasteiger partial charge in [-0.1, -0.05) is 32.1 Å². The number of nitrogens with zero attached hydrogens (tertiary/aromatic N) is 3. The number of likely N-dealkylation sites (tertiary alicyclic amines) is 1. The number of ether oxygens (including phenoxy) is 1. The minimum atomic E-state index is -1.03. The van der Waals surface area contributed by atoms with Crippen LogP contribution in [0.4, 0.5) is 0 Å². The molecule has 2 N–H and O–H groups in total. The molecule has 1 saturated heterocycles. The highest BCUT2D eigenvalue weighted by Crippen LogP contribution is 2.39. The lowest BCUT2D eigenvalue weighted by molar-refractivity contribution is -0.138. The Kier molecular flexibility index (Phi) is 10.9. The summed E-state index contributed by atoms with van der Waals surface area (Å²) in [6.45, 7) is 3.00. The Bertz CT molecular complexity index is 733. The molecule has 2 aliphatic rings. The smallest absolute Gasteiger partial charge is 0.222 e. The number of hydrogen-bond acceptors (Lipinski definition) is 5. The summed E-state index contributed by atoms with van der Waals surface area (Å²) in [5, 5.41) is 15.3. The van der Waals surface area contributed by atoms with Gasteiger partial charge in [0.15, 0.2) is 0 Å². The third-order valence-electron chi connectivity index (χ3n) is 8.16. The summed E-state index contributed by atoms with van der Waals surface area (Å²) in [6, 6.07) is 0. The van der Waals surface area contributed by atoms with E-state index in [1.165, 1.54) is 32.1 Å². The molecule has 1 aromatic rings. The highest BCUT2D eigenvalue weighted by Gasteiger charge is 2.43. The second kappa shape index (κ2) is 13.6. The quantitative estimate of drug-likeness (QED) is 0.423. The molecule has 7 nitrogen and oxygen atoms in total.